The molecule has 1 aromatic rings. The maximum Gasteiger partial charge on any atom is 0.341 e. The van der Waals surface area contributed by atoms with Crippen LogP contribution in [0.5, 0.6) is 11.5 Å². The Morgan fingerprint density at radius 3 is 2.52 bits per heavy atom. The average molecular weight is 443 g/mol. The molecule has 144 valence electrons. The minimum atomic E-state index is -1.32. The fourth-order valence-electron chi connectivity index (χ4n) is 2.23. The molecule has 0 radical (unpaired) electrons. The van der Waals surface area contributed by atoms with Gasteiger partial charge in [-0.2, -0.15) is 0 Å². The van der Waals surface area contributed by atoms with Crippen molar-refractivity contribution in [3.63, 3.8) is 0 Å². The molecule has 1 fully saturated rings. The topological polar surface area (TPSA) is 142 Å². The first-order chi connectivity index (χ1) is 12.7. The molecule has 0 unspecified atom stereocenters. The Hall–Kier alpha value is -3.08. The molecule has 2 rings (SSSR count). The number of imide groups is 1. The predicted molar refractivity (Wildman–Crippen MR) is 94.3 cm³/mol. The van der Waals surface area contributed by atoms with Crippen molar-refractivity contribution >= 4 is 45.9 Å². The van der Waals surface area contributed by atoms with E-state index in [1.807, 2.05) is 0 Å². The number of hydrogen-bond acceptors (Lipinski definition) is 6. The van der Waals surface area contributed by atoms with E-state index >= 15 is 0 Å². The lowest BCUT2D eigenvalue weighted by molar-refractivity contribution is -0.140. The number of amides is 3. The Morgan fingerprint density at radius 1 is 1.22 bits per heavy atom. The zero-order chi connectivity index (χ0) is 20.1. The highest BCUT2D eigenvalue weighted by Crippen LogP contribution is 2.37. The normalized spacial score (nSPS) is 15.0. The number of ether oxygens (including phenoxy) is 2. The van der Waals surface area contributed by atoms with Crippen LogP contribution in [0.25, 0.3) is 6.08 Å². The summed E-state index contributed by atoms with van der Waals surface area (Å²) in [6.07, 6.45) is 1.34. The molecule has 3 N–H and O–H groups in total. The monoisotopic (exact) mass is 442 g/mol. The smallest absolute Gasteiger partial charge is 0.341 e. The Morgan fingerprint density at radius 2 is 1.93 bits per heavy atom. The summed E-state index contributed by atoms with van der Waals surface area (Å²) in [4.78, 5) is 45.9. The molecule has 27 heavy (non-hydrogen) atoms. The van der Waals surface area contributed by atoms with Crippen molar-refractivity contribution < 1.29 is 38.9 Å². The lowest BCUT2D eigenvalue weighted by Gasteiger charge is -2.13. The standard InChI is InChI=1S/C16H15BrN2O8/c1-2-26-11-5-8(3-9(17)14(11)27-7-13(22)23)4-10-15(24)19(6-12(20)21)16(25)18-10/h3-5H,2,6-7H2,1H3,(H,18,25)(H,20,21)(H,22,23)/b10-4+. The van der Waals surface area contributed by atoms with Gasteiger partial charge in [0.15, 0.2) is 18.1 Å². The molecule has 1 heterocycles. The number of benzene rings is 1. The van der Waals surface area contributed by atoms with E-state index < -0.39 is 37.0 Å². The van der Waals surface area contributed by atoms with Gasteiger partial charge in [0.05, 0.1) is 11.1 Å². The molecule has 10 nitrogen and oxygen atoms in total. The molecule has 1 aromatic carbocycles. The number of rotatable bonds is 8. The average Bonchev–Trinajstić information content (AvgIpc) is 2.81. The van der Waals surface area contributed by atoms with Gasteiger partial charge in [0.2, 0.25) is 0 Å². The van der Waals surface area contributed by atoms with E-state index in [4.69, 9.17) is 19.7 Å². The zero-order valence-electron chi connectivity index (χ0n) is 14.0. The number of carboxylic acids is 2. The summed E-state index contributed by atoms with van der Waals surface area (Å²) >= 11 is 3.25. The second kappa shape index (κ2) is 8.54. The van der Waals surface area contributed by atoms with Crippen LogP contribution in [-0.2, 0) is 14.4 Å². The summed E-state index contributed by atoms with van der Waals surface area (Å²) in [5.74, 6) is -2.84. The maximum atomic E-state index is 12.2. The predicted octanol–water partition coefficient (Wildman–Crippen LogP) is 1.29. The Bertz CT molecular complexity index is 836. The zero-order valence-corrected chi connectivity index (χ0v) is 15.6. The molecule has 1 aliphatic rings. The fourth-order valence-corrected chi connectivity index (χ4v) is 2.80. The van der Waals surface area contributed by atoms with Crippen molar-refractivity contribution in [3.05, 3.63) is 27.9 Å². The molecule has 1 aliphatic heterocycles. The first-order valence-corrected chi connectivity index (χ1v) is 8.39. The number of halogens is 1. The minimum Gasteiger partial charge on any atom is -0.490 e. The summed E-state index contributed by atoms with van der Waals surface area (Å²) in [7, 11) is 0. The molecule has 0 aliphatic carbocycles. The largest absolute Gasteiger partial charge is 0.490 e. The number of carbonyl (C=O) groups is 4. The lowest BCUT2D eigenvalue weighted by atomic mass is 10.1. The fraction of sp³-hybridized carbons (Fsp3) is 0.250. The van der Waals surface area contributed by atoms with E-state index in [0.29, 0.717) is 14.9 Å². The van der Waals surface area contributed by atoms with Gasteiger partial charge in [0.25, 0.3) is 5.91 Å². The first-order valence-electron chi connectivity index (χ1n) is 7.60. The second-order valence-corrected chi connectivity index (χ2v) is 6.07. The Labute approximate surface area is 161 Å². The van der Waals surface area contributed by atoms with Crippen LogP contribution in [0.4, 0.5) is 4.79 Å². The lowest BCUT2D eigenvalue weighted by Crippen LogP contribution is -2.35. The molecule has 0 aromatic heterocycles. The van der Waals surface area contributed by atoms with Gasteiger partial charge in [-0.1, -0.05) is 0 Å². The van der Waals surface area contributed by atoms with Crippen LogP contribution in [-0.4, -0.2) is 58.7 Å². The molecule has 11 heteroatoms. The van der Waals surface area contributed by atoms with Gasteiger partial charge in [-0.3, -0.25) is 9.59 Å². The van der Waals surface area contributed by atoms with E-state index in [1.54, 1.807) is 6.92 Å². The maximum absolute atomic E-state index is 12.2. The molecular formula is C16H15BrN2O8. The van der Waals surface area contributed by atoms with Crippen molar-refractivity contribution in [3.8, 4) is 11.5 Å². The molecule has 3 amide bonds. The van der Waals surface area contributed by atoms with Crippen LogP contribution in [0.15, 0.2) is 22.3 Å². The SMILES string of the molecule is CCOc1cc(/C=C2/NC(=O)N(CC(=O)O)C2=O)cc(Br)c1OCC(=O)O. The van der Waals surface area contributed by atoms with Gasteiger partial charge in [-0.25, -0.2) is 14.5 Å². The van der Waals surface area contributed by atoms with Gasteiger partial charge in [0, 0.05) is 0 Å². The summed E-state index contributed by atoms with van der Waals surface area (Å²) in [6, 6.07) is 2.20. The minimum absolute atomic E-state index is 0.102. The number of urea groups is 1. The van der Waals surface area contributed by atoms with Crippen molar-refractivity contribution in [1.82, 2.24) is 10.2 Å². The highest BCUT2D eigenvalue weighted by molar-refractivity contribution is 9.10. The highest BCUT2D eigenvalue weighted by atomic mass is 79.9. The van der Waals surface area contributed by atoms with E-state index in [9.17, 15) is 19.2 Å². The third-order valence-electron chi connectivity index (χ3n) is 3.24. The molecule has 0 bridgehead atoms. The van der Waals surface area contributed by atoms with E-state index in [0.717, 1.165) is 0 Å². The third kappa shape index (κ3) is 4.97. The summed E-state index contributed by atoms with van der Waals surface area (Å²) < 4.78 is 11.0. The second-order valence-electron chi connectivity index (χ2n) is 5.22. The quantitative estimate of drug-likeness (QED) is 0.403. The number of nitrogens with zero attached hydrogens (tertiary/aromatic N) is 1. The van der Waals surface area contributed by atoms with Crippen molar-refractivity contribution in [1.29, 1.82) is 0 Å². The van der Waals surface area contributed by atoms with Gasteiger partial charge < -0.3 is 25.0 Å². The molecule has 0 spiro atoms. The van der Waals surface area contributed by atoms with Crippen molar-refractivity contribution in [2.45, 2.75) is 6.92 Å². The van der Waals surface area contributed by atoms with Gasteiger partial charge in [-0.05, 0) is 46.6 Å². The number of nitrogens with one attached hydrogen (secondary N) is 1. The number of carboxylic acid groups (broad SMARTS) is 2. The van der Waals surface area contributed by atoms with Gasteiger partial charge in [0.1, 0.15) is 12.2 Å². The number of carbonyl (C=O) groups excluding carboxylic acids is 2. The summed E-state index contributed by atoms with van der Waals surface area (Å²) in [6.45, 7) is 0.679. The van der Waals surface area contributed by atoms with Crippen molar-refractivity contribution in [2.75, 3.05) is 19.8 Å². The van der Waals surface area contributed by atoms with E-state index in [1.165, 1.54) is 18.2 Å². The summed E-state index contributed by atoms with van der Waals surface area (Å²) in [5.41, 5.74) is 0.337. The summed E-state index contributed by atoms with van der Waals surface area (Å²) in [5, 5.41) is 19.8. The first kappa shape index (κ1) is 20.2. The van der Waals surface area contributed by atoms with Crippen LogP contribution >= 0.6 is 15.9 Å². The Kier molecular flexibility index (Phi) is 6.40. The van der Waals surface area contributed by atoms with Crippen LogP contribution in [0, 0.1) is 0 Å². The van der Waals surface area contributed by atoms with Crippen LogP contribution in [0.3, 0.4) is 0 Å². The van der Waals surface area contributed by atoms with Crippen LogP contribution < -0.4 is 14.8 Å². The molecular weight excluding hydrogens is 428 g/mol. The number of aliphatic carboxylic acids is 2. The molecule has 1 saturated heterocycles. The van der Waals surface area contributed by atoms with E-state index in [2.05, 4.69) is 21.2 Å². The molecule has 0 saturated carbocycles. The van der Waals surface area contributed by atoms with Crippen LogP contribution in [0.1, 0.15) is 12.5 Å². The Balaban J connectivity index is 2.34. The van der Waals surface area contributed by atoms with Gasteiger partial charge >= 0.3 is 18.0 Å². The highest BCUT2D eigenvalue weighted by Gasteiger charge is 2.34. The van der Waals surface area contributed by atoms with Crippen molar-refractivity contribution in [2.24, 2.45) is 0 Å². The van der Waals surface area contributed by atoms with E-state index in [-0.39, 0.29) is 23.8 Å². The molecule has 0 atom stereocenters. The number of hydrogen-bond donors (Lipinski definition) is 3. The van der Waals surface area contributed by atoms with Crippen LogP contribution in [0.2, 0.25) is 0 Å². The van der Waals surface area contributed by atoms with Gasteiger partial charge in [-0.15, -0.1) is 0 Å². The third-order valence-corrected chi connectivity index (χ3v) is 3.83.